The van der Waals surface area contributed by atoms with Gasteiger partial charge in [-0.15, -0.1) is 0 Å². The summed E-state index contributed by atoms with van der Waals surface area (Å²) >= 11 is 8.59. The van der Waals surface area contributed by atoms with Gasteiger partial charge in [0.05, 0.1) is 6.61 Å². The summed E-state index contributed by atoms with van der Waals surface area (Å²) in [4.78, 5) is 0.374. The van der Waals surface area contributed by atoms with Crippen LogP contribution in [-0.2, 0) is 11.2 Å². The number of hydrogen-bond donors (Lipinski definition) is 2. The maximum absolute atomic E-state index is 5.79. The molecule has 2 rings (SSSR count). The van der Waals surface area contributed by atoms with Gasteiger partial charge in [-0.25, -0.2) is 0 Å². The molecule has 0 aromatic heterocycles. The Bertz CT molecular complexity index is 646. The molecule has 0 saturated heterocycles. The molecular formula is C16H17BrN2OS. The second-order valence-corrected chi connectivity index (χ2v) is 5.93. The highest BCUT2D eigenvalue weighted by Crippen LogP contribution is 2.27. The van der Waals surface area contributed by atoms with Crippen LogP contribution in [0.3, 0.4) is 0 Å². The van der Waals surface area contributed by atoms with Crippen LogP contribution in [0, 0.1) is 0 Å². The van der Waals surface area contributed by atoms with Crippen molar-refractivity contribution in [3.63, 3.8) is 0 Å². The fraction of sp³-hybridized carbons (Fsp3) is 0.188. The molecule has 3 nitrogen and oxygen atoms in total. The van der Waals surface area contributed by atoms with Crippen LogP contribution in [0.15, 0.2) is 46.9 Å². The SMILES string of the molecule is COCCc1ccccc1Nc1cc(Br)ccc1C(N)=S. The Hall–Kier alpha value is -1.43. The molecule has 0 fully saturated rings. The molecule has 0 aliphatic rings. The Morgan fingerprint density at radius 3 is 2.71 bits per heavy atom. The Kier molecular flexibility index (Phi) is 5.73. The summed E-state index contributed by atoms with van der Waals surface area (Å²) in [7, 11) is 1.70. The fourth-order valence-electron chi connectivity index (χ4n) is 2.05. The number of thiocarbonyl (C=S) groups is 1. The van der Waals surface area contributed by atoms with E-state index < -0.39 is 0 Å². The average Bonchev–Trinajstić information content (AvgIpc) is 2.46. The minimum Gasteiger partial charge on any atom is -0.389 e. The molecule has 2 aromatic carbocycles. The molecule has 21 heavy (non-hydrogen) atoms. The maximum atomic E-state index is 5.79. The second-order valence-electron chi connectivity index (χ2n) is 4.58. The number of ether oxygens (including phenoxy) is 1. The molecule has 0 bridgehead atoms. The lowest BCUT2D eigenvalue weighted by atomic mass is 10.1. The van der Waals surface area contributed by atoms with Crippen molar-refractivity contribution in [1.82, 2.24) is 0 Å². The topological polar surface area (TPSA) is 47.3 Å². The zero-order valence-corrected chi connectivity index (χ0v) is 14.1. The Balaban J connectivity index is 2.34. The van der Waals surface area contributed by atoms with Crippen LogP contribution in [0.5, 0.6) is 0 Å². The first-order chi connectivity index (χ1) is 10.1. The van der Waals surface area contributed by atoms with E-state index in [0.29, 0.717) is 11.6 Å². The van der Waals surface area contributed by atoms with Gasteiger partial charge in [-0.1, -0.05) is 46.3 Å². The van der Waals surface area contributed by atoms with E-state index in [1.807, 2.05) is 36.4 Å². The summed E-state index contributed by atoms with van der Waals surface area (Å²) in [6.07, 6.45) is 0.843. The van der Waals surface area contributed by atoms with E-state index >= 15 is 0 Å². The predicted octanol–water partition coefficient (Wildman–Crippen LogP) is 4.02. The lowest BCUT2D eigenvalue weighted by Gasteiger charge is -2.15. The normalized spacial score (nSPS) is 10.4. The number of rotatable bonds is 6. The molecule has 3 N–H and O–H groups in total. The number of nitrogens with two attached hydrogens (primary N) is 1. The first kappa shape index (κ1) is 15.9. The molecule has 0 unspecified atom stereocenters. The predicted molar refractivity (Wildman–Crippen MR) is 95.3 cm³/mol. The van der Waals surface area contributed by atoms with E-state index in [1.54, 1.807) is 7.11 Å². The van der Waals surface area contributed by atoms with Crippen LogP contribution in [-0.4, -0.2) is 18.7 Å². The van der Waals surface area contributed by atoms with E-state index in [1.165, 1.54) is 5.56 Å². The number of nitrogens with one attached hydrogen (secondary N) is 1. The van der Waals surface area contributed by atoms with Crippen LogP contribution >= 0.6 is 28.1 Å². The van der Waals surface area contributed by atoms with E-state index in [4.69, 9.17) is 22.7 Å². The van der Waals surface area contributed by atoms with Gasteiger partial charge in [-0.05, 0) is 36.2 Å². The number of para-hydroxylation sites is 1. The molecular weight excluding hydrogens is 348 g/mol. The van der Waals surface area contributed by atoms with Crippen molar-refractivity contribution in [1.29, 1.82) is 0 Å². The quantitative estimate of drug-likeness (QED) is 0.760. The van der Waals surface area contributed by atoms with Crippen molar-refractivity contribution in [3.8, 4) is 0 Å². The van der Waals surface area contributed by atoms with Gasteiger partial charge < -0.3 is 15.8 Å². The van der Waals surface area contributed by atoms with Crippen molar-refractivity contribution in [2.45, 2.75) is 6.42 Å². The zero-order valence-electron chi connectivity index (χ0n) is 11.7. The maximum Gasteiger partial charge on any atom is 0.106 e. The third kappa shape index (κ3) is 4.27. The largest absolute Gasteiger partial charge is 0.389 e. The Morgan fingerprint density at radius 1 is 1.24 bits per heavy atom. The van der Waals surface area contributed by atoms with Crippen molar-refractivity contribution < 1.29 is 4.74 Å². The first-order valence-corrected chi connectivity index (χ1v) is 7.75. The van der Waals surface area contributed by atoms with Gasteiger partial charge >= 0.3 is 0 Å². The summed E-state index contributed by atoms with van der Waals surface area (Å²) in [5.74, 6) is 0. The van der Waals surface area contributed by atoms with Crippen LogP contribution in [0.25, 0.3) is 0 Å². The molecule has 0 aliphatic carbocycles. The van der Waals surface area contributed by atoms with Gasteiger partial charge in [-0.2, -0.15) is 0 Å². The van der Waals surface area contributed by atoms with Gasteiger partial charge in [0.25, 0.3) is 0 Å². The summed E-state index contributed by atoms with van der Waals surface area (Å²) in [6.45, 7) is 0.680. The second kappa shape index (κ2) is 7.54. The molecule has 0 heterocycles. The third-order valence-electron chi connectivity index (χ3n) is 3.11. The standard InChI is InChI=1S/C16H17BrN2OS/c1-20-9-8-11-4-2-3-5-14(11)19-15-10-12(17)6-7-13(15)16(18)21/h2-7,10,19H,8-9H2,1H3,(H2,18,21). The monoisotopic (exact) mass is 364 g/mol. The minimum atomic E-state index is 0.374. The summed E-state index contributed by atoms with van der Waals surface area (Å²) in [5, 5.41) is 3.42. The van der Waals surface area contributed by atoms with Crippen LogP contribution in [0.2, 0.25) is 0 Å². The third-order valence-corrected chi connectivity index (χ3v) is 3.82. The lowest BCUT2D eigenvalue weighted by Crippen LogP contribution is -2.12. The number of halogens is 1. The smallest absolute Gasteiger partial charge is 0.106 e. The minimum absolute atomic E-state index is 0.374. The highest BCUT2D eigenvalue weighted by atomic mass is 79.9. The molecule has 0 amide bonds. The van der Waals surface area contributed by atoms with Gasteiger partial charge in [0.15, 0.2) is 0 Å². The molecule has 0 aliphatic heterocycles. The number of methoxy groups -OCH3 is 1. The molecule has 110 valence electrons. The fourth-order valence-corrected chi connectivity index (χ4v) is 2.59. The van der Waals surface area contributed by atoms with Crippen molar-refractivity contribution in [2.75, 3.05) is 19.0 Å². The summed E-state index contributed by atoms with van der Waals surface area (Å²) in [6, 6.07) is 13.9. The van der Waals surface area contributed by atoms with Gasteiger partial charge in [0, 0.05) is 28.5 Å². The number of benzene rings is 2. The Labute approximate surface area is 138 Å². The van der Waals surface area contributed by atoms with Gasteiger partial charge in [-0.3, -0.25) is 0 Å². The lowest BCUT2D eigenvalue weighted by molar-refractivity contribution is 0.202. The van der Waals surface area contributed by atoms with Crippen LogP contribution in [0.1, 0.15) is 11.1 Å². The molecule has 2 aromatic rings. The highest BCUT2D eigenvalue weighted by Gasteiger charge is 2.08. The van der Waals surface area contributed by atoms with Gasteiger partial charge in [0.2, 0.25) is 0 Å². The number of hydrogen-bond acceptors (Lipinski definition) is 3. The van der Waals surface area contributed by atoms with Crippen molar-refractivity contribution in [2.24, 2.45) is 5.73 Å². The molecule has 0 saturated carbocycles. The summed E-state index contributed by atoms with van der Waals surface area (Å²) < 4.78 is 6.13. The highest BCUT2D eigenvalue weighted by molar-refractivity contribution is 9.10. The number of anilines is 2. The molecule has 0 atom stereocenters. The van der Waals surface area contributed by atoms with Crippen molar-refractivity contribution >= 4 is 44.5 Å². The van der Waals surface area contributed by atoms with E-state index in [9.17, 15) is 0 Å². The van der Waals surface area contributed by atoms with Gasteiger partial charge in [0.1, 0.15) is 4.99 Å². The van der Waals surface area contributed by atoms with Crippen LogP contribution in [0.4, 0.5) is 11.4 Å². The molecule has 0 radical (unpaired) electrons. The Morgan fingerprint density at radius 2 is 2.00 bits per heavy atom. The summed E-state index contributed by atoms with van der Waals surface area (Å²) in [5.41, 5.74) is 9.73. The van der Waals surface area contributed by atoms with E-state index in [-0.39, 0.29) is 0 Å². The molecule has 0 spiro atoms. The van der Waals surface area contributed by atoms with E-state index in [0.717, 1.165) is 27.8 Å². The van der Waals surface area contributed by atoms with E-state index in [2.05, 4.69) is 27.3 Å². The van der Waals surface area contributed by atoms with Crippen LogP contribution < -0.4 is 11.1 Å². The molecule has 5 heteroatoms. The van der Waals surface area contributed by atoms with Crippen molar-refractivity contribution in [3.05, 3.63) is 58.1 Å². The first-order valence-electron chi connectivity index (χ1n) is 6.55. The zero-order chi connectivity index (χ0) is 15.2. The average molecular weight is 365 g/mol.